The van der Waals surface area contributed by atoms with E-state index in [1.807, 2.05) is 6.92 Å². The van der Waals surface area contributed by atoms with Crippen LogP contribution in [0.1, 0.15) is 45.4 Å². The van der Waals surface area contributed by atoms with E-state index in [2.05, 4.69) is 17.3 Å². The second-order valence-corrected chi connectivity index (χ2v) is 6.57. The third kappa shape index (κ3) is 4.41. The number of rotatable bonds is 10. The van der Waals surface area contributed by atoms with Gasteiger partial charge >= 0.3 is 5.97 Å². The van der Waals surface area contributed by atoms with Gasteiger partial charge in [0, 0.05) is 19.2 Å². The van der Waals surface area contributed by atoms with Gasteiger partial charge in [0.15, 0.2) is 0 Å². The molecule has 5 heteroatoms. The van der Waals surface area contributed by atoms with Crippen LogP contribution in [0.5, 0.6) is 0 Å². The molecule has 2 aliphatic rings. The summed E-state index contributed by atoms with van der Waals surface area (Å²) in [5, 5.41) is 13.2. The zero-order valence-corrected chi connectivity index (χ0v) is 13.4. The molecule has 2 aliphatic carbocycles. The molecule has 0 aromatic heterocycles. The lowest BCUT2D eigenvalue weighted by Crippen LogP contribution is -2.56. The Morgan fingerprint density at radius 1 is 1.38 bits per heavy atom. The van der Waals surface area contributed by atoms with Crippen molar-refractivity contribution in [2.45, 2.75) is 57.0 Å². The van der Waals surface area contributed by atoms with E-state index in [1.54, 1.807) is 0 Å². The van der Waals surface area contributed by atoms with Crippen LogP contribution in [0.4, 0.5) is 0 Å². The fraction of sp³-hybridized carbons (Fsp3) is 0.938. The van der Waals surface area contributed by atoms with Gasteiger partial charge in [-0.1, -0.05) is 6.42 Å². The van der Waals surface area contributed by atoms with E-state index >= 15 is 0 Å². The van der Waals surface area contributed by atoms with Crippen molar-refractivity contribution in [1.82, 2.24) is 10.2 Å². The summed E-state index contributed by atoms with van der Waals surface area (Å²) in [7, 11) is 2.09. The van der Waals surface area contributed by atoms with E-state index in [0.717, 1.165) is 64.8 Å². The van der Waals surface area contributed by atoms with Gasteiger partial charge in [0.1, 0.15) is 5.54 Å². The first-order valence-electron chi connectivity index (χ1n) is 8.36. The predicted octanol–water partition coefficient (Wildman–Crippen LogP) is 1.72. The van der Waals surface area contributed by atoms with Gasteiger partial charge in [-0.25, -0.2) is 0 Å². The fourth-order valence-electron chi connectivity index (χ4n) is 3.45. The molecule has 0 spiro atoms. The number of hydrogen-bond acceptors (Lipinski definition) is 4. The first kappa shape index (κ1) is 16.7. The van der Waals surface area contributed by atoms with Crippen molar-refractivity contribution in [3.8, 4) is 0 Å². The number of carboxylic acid groups (broad SMARTS) is 1. The number of nitrogens with one attached hydrogen (secondary N) is 1. The third-order valence-corrected chi connectivity index (χ3v) is 4.92. The highest BCUT2D eigenvalue weighted by Gasteiger charge is 2.51. The Labute approximate surface area is 128 Å². The van der Waals surface area contributed by atoms with Gasteiger partial charge in [0.25, 0.3) is 0 Å². The van der Waals surface area contributed by atoms with Crippen molar-refractivity contribution in [3.63, 3.8) is 0 Å². The molecule has 0 amide bonds. The number of likely N-dealkylation sites (N-methyl/N-ethyl adjacent to an activating group) is 1. The molecule has 2 rings (SSSR count). The number of hydrogen-bond donors (Lipinski definition) is 2. The second kappa shape index (κ2) is 7.56. The zero-order chi connectivity index (χ0) is 15.3. The van der Waals surface area contributed by atoms with Crippen LogP contribution < -0.4 is 5.32 Å². The minimum atomic E-state index is -0.665. The van der Waals surface area contributed by atoms with Gasteiger partial charge in [-0.05, 0) is 58.5 Å². The summed E-state index contributed by atoms with van der Waals surface area (Å²) in [5.41, 5.74) is -0.665. The highest BCUT2D eigenvalue weighted by Crippen LogP contribution is 2.40. The molecule has 2 N–H and O–H groups in total. The molecule has 2 saturated carbocycles. The number of nitrogens with zero attached hydrogens (tertiary/aromatic N) is 1. The van der Waals surface area contributed by atoms with E-state index in [1.165, 1.54) is 0 Å². The SMILES string of the molecule is CCOCCN(C)CCC1CCCC1(NC1CC1)C(=O)O. The molecule has 122 valence electrons. The van der Waals surface area contributed by atoms with Crippen molar-refractivity contribution in [3.05, 3.63) is 0 Å². The Hall–Kier alpha value is -0.650. The number of carboxylic acids is 1. The minimum Gasteiger partial charge on any atom is -0.480 e. The standard InChI is InChI=1S/C16H30N2O3/c1-3-21-12-11-18(2)10-8-13-5-4-9-16(13,15(19)20)17-14-6-7-14/h13-14,17H,3-12H2,1-2H3,(H,19,20). The van der Waals surface area contributed by atoms with Crippen LogP contribution in [0.15, 0.2) is 0 Å². The van der Waals surface area contributed by atoms with Gasteiger partial charge in [0.05, 0.1) is 6.61 Å². The normalized spacial score (nSPS) is 29.2. The number of aliphatic carboxylic acids is 1. The minimum absolute atomic E-state index is 0.255. The summed E-state index contributed by atoms with van der Waals surface area (Å²) in [6, 6.07) is 0.442. The van der Waals surface area contributed by atoms with E-state index in [0.29, 0.717) is 6.04 Å². The predicted molar refractivity (Wildman–Crippen MR) is 82.5 cm³/mol. The Morgan fingerprint density at radius 2 is 2.14 bits per heavy atom. The molecule has 0 heterocycles. The van der Waals surface area contributed by atoms with Crippen LogP contribution in [-0.2, 0) is 9.53 Å². The Balaban J connectivity index is 1.83. The Bertz CT molecular complexity index is 346. The molecule has 0 aliphatic heterocycles. The van der Waals surface area contributed by atoms with E-state index in [4.69, 9.17) is 4.74 Å². The molecule has 5 nitrogen and oxygen atoms in total. The smallest absolute Gasteiger partial charge is 0.324 e. The van der Waals surface area contributed by atoms with E-state index < -0.39 is 11.5 Å². The highest BCUT2D eigenvalue weighted by molar-refractivity contribution is 5.80. The molecule has 0 saturated heterocycles. The number of ether oxygens (including phenoxy) is 1. The second-order valence-electron chi connectivity index (χ2n) is 6.57. The molecule has 21 heavy (non-hydrogen) atoms. The van der Waals surface area contributed by atoms with Gasteiger partial charge < -0.3 is 14.7 Å². The van der Waals surface area contributed by atoms with Crippen LogP contribution in [-0.4, -0.2) is 60.9 Å². The summed E-state index contributed by atoms with van der Waals surface area (Å²) >= 11 is 0. The molecule has 2 atom stereocenters. The third-order valence-electron chi connectivity index (χ3n) is 4.92. The molecular formula is C16H30N2O3. The van der Waals surface area contributed by atoms with Crippen LogP contribution in [0.3, 0.4) is 0 Å². The lowest BCUT2D eigenvalue weighted by molar-refractivity contribution is -0.147. The monoisotopic (exact) mass is 298 g/mol. The summed E-state index contributed by atoms with van der Waals surface area (Å²) in [6.07, 6.45) is 6.07. The largest absolute Gasteiger partial charge is 0.480 e. The molecule has 0 aromatic rings. The maximum Gasteiger partial charge on any atom is 0.324 e. The maximum atomic E-state index is 11.9. The fourth-order valence-corrected chi connectivity index (χ4v) is 3.45. The van der Waals surface area contributed by atoms with Crippen molar-refractivity contribution in [2.24, 2.45) is 5.92 Å². The van der Waals surface area contributed by atoms with Crippen molar-refractivity contribution in [2.75, 3.05) is 33.4 Å². The van der Waals surface area contributed by atoms with Crippen LogP contribution in [0.2, 0.25) is 0 Å². The van der Waals surface area contributed by atoms with Gasteiger partial charge in [-0.3, -0.25) is 10.1 Å². The summed E-state index contributed by atoms with van der Waals surface area (Å²) in [5.74, 6) is -0.390. The lowest BCUT2D eigenvalue weighted by Gasteiger charge is -2.33. The molecule has 0 aromatic carbocycles. The average molecular weight is 298 g/mol. The topological polar surface area (TPSA) is 61.8 Å². The lowest BCUT2D eigenvalue weighted by atomic mass is 9.84. The first-order valence-corrected chi connectivity index (χ1v) is 8.36. The van der Waals surface area contributed by atoms with Crippen molar-refractivity contribution >= 4 is 5.97 Å². The zero-order valence-electron chi connectivity index (χ0n) is 13.4. The van der Waals surface area contributed by atoms with Gasteiger partial charge in [-0.15, -0.1) is 0 Å². The Morgan fingerprint density at radius 3 is 2.76 bits per heavy atom. The molecule has 0 radical (unpaired) electrons. The summed E-state index contributed by atoms with van der Waals surface area (Å²) < 4.78 is 5.37. The van der Waals surface area contributed by atoms with Crippen molar-refractivity contribution < 1.29 is 14.6 Å². The highest BCUT2D eigenvalue weighted by atomic mass is 16.5. The van der Waals surface area contributed by atoms with E-state index in [-0.39, 0.29) is 5.92 Å². The van der Waals surface area contributed by atoms with Crippen LogP contribution in [0, 0.1) is 5.92 Å². The quantitative estimate of drug-likeness (QED) is 0.601. The van der Waals surface area contributed by atoms with Crippen LogP contribution >= 0.6 is 0 Å². The maximum absolute atomic E-state index is 11.9. The number of carbonyl (C=O) groups is 1. The first-order chi connectivity index (χ1) is 10.1. The summed E-state index contributed by atoms with van der Waals surface area (Å²) in [6.45, 7) is 5.37. The summed E-state index contributed by atoms with van der Waals surface area (Å²) in [4.78, 5) is 14.1. The van der Waals surface area contributed by atoms with E-state index in [9.17, 15) is 9.90 Å². The van der Waals surface area contributed by atoms with Crippen LogP contribution in [0.25, 0.3) is 0 Å². The molecule has 2 fully saturated rings. The average Bonchev–Trinajstić information content (AvgIpc) is 3.15. The van der Waals surface area contributed by atoms with Gasteiger partial charge in [0.2, 0.25) is 0 Å². The van der Waals surface area contributed by atoms with Crippen molar-refractivity contribution in [1.29, 1.82) is 0 Å². The molecular weight excluding hydrogens is 268 g/mol. The van der Waals surface area contributed by atoms with Gasteiger partial charge in [-0.2, -0.15) is 0 Å². The molecule has 2 unspecified atom stereocenters. The Kier molecular flexibility index (Phi) is 6.02. The molecule has 0 bridgehead atoms.